The molecule has 21 heavy (non-hydrogen) atoms. The van der Waals surface area contributed by atoms with Gasteiger partial charge in [0.2, 0.25) is 0 Å². The van der Waals surface area contributed by atoms with E-state index in [2.05, 4.69) is 20.9 Å². The molecular formula is C16H14BrFN2O. The Morgan fingerprint density at radius 2 is 2.14 bits per heavy atom. The summed E-state index contributed by atoms with van der Waals surface area (Å²) in [5.74, 6) is -0.313. The number of rotatable bonds is 4. The van der Waals surface area contributed by atoms with Crippen LogP contribution in [0.25, 0.3) is 0 Å². The summed E-state index contributed by atoms with van der Waals surface area (Å²) < 4.78 is 13.9. The van der Waals surface area contributed by atoms with E-state index in [0.717, 1.165) is 18.4 Å². The number of amides is 1. The highest BCUT2D eigenvalue weighted by atomic mass is 79.9. The van der Waals surface area contributed by atoms with Gasteiger partial charge in [0.25, 0.3) is 5.91 Å². The van der Waals surface area contributed by atoms with Crippen molar-refractivity contribution in [2.75, 3.05) is 0 Å². The molecule has 0 atom stereocenters. The van der Waals surface area contributed by atoms with E-state index in [0.29, 0.717) is 16.7 Å². The first kappa shape index (κ1) is 14.2. The molecule has 0 spiro atoms. The fraction of sp³-hybridized carbons (Fsp3) is 0.250. The van der Waals surface area contributed by atoms with Gasteiger partial charge in [-0.25, -0.2) is 9.37 Å². The van der Waals surface area contributed by atoms with Crippen molar-refractivity contribution < 1.29 is 9.18 Å². The predicted molar refractivity (Wildman–Crippen MR) is 81.2 cm³/mol. The van der Waals surface area contributed by atoms with Crippen LogP contribution in [0.15, 0.2) is 47.2 Å². The summed E-state index contributed by atoms with van der Waals surface area (Å²) in [5.41, 5.74) is 1.41. The van der Waals surface area contributed by atoms with Crippen LogP contribution in [0.4, 0.5) is 4.39 Å². The van der Waals surface area contributed by atoms with Gasteiger partial charge in [-0.05, 0) is 58.6 Å². The molecule has 1 saturated carbocycles. The Hall–Kier alpha value is -1.75. The number of halogens is 2. The Labute approximate surface area is 130 Å². The first-order valence-corrected chi connectivity index (χ1v) is 7.60. The normalized spacial score (nSPS) is 14.0. The fourth-order valence-electron chi connectivity index (χ4n) is 2.29. The third-order valence-corrected chi connectivity index (χ3v) is 3.90. The zero-order valence-electron chi connectivity index (χ0n) is 11.3. The molecule has 0 bridgehead atoms. The van der Waals surface area contributed by atoms with Crippen LogP contribution in [0.3, 0.4) is 0 Å². The van der Waals surface area contributed by atoms with Gasteiger partial charge in [-0.3, -0.25) is 4.79 Å². The summed E-state index contributed by atoms with van der Waals surface area (Å²) in [6.45, 7) is 0.432. The van der Waals surface area contributed by atoms with Gasteiger partial charge in [0.15, 0.2) is 0 Å². The van der Waals surface area contributed by atoms with Gasteiger partial charge >= 0.3 is 0 Å². The van der Waals surface area contributed by atoms with Crippen molar-refractivity contribution in [2.24, 2.45) is 0 Å². The van der Waals surface area contributed by atoms with Gasteiger partial charge in [0.1, 0.15) is 10.4 Å². The molecule has 0 aliphatic heterocycles. The predicted octanol–water partition coefficient (Wildman–Crippen LogP) is 3.79. The quantitative estimate of drug-likeness (QED) is 0.787. The molecule has 3 nitrogen and oxygen atoms in total. The minimum absolute atomic E-state index is 0.0372. The molecule has 2 aromatic rings. The maximum Gasteiger partial charge on any atom is 0.254 e. The summed E-state index contributed by atoms with van der Waals surface area (Å²) in [6.07, 6.45) is 3.62. The lowest BCUT2D eigenvalue weighted by Gasteiger charge is -2.22. The van der Waals surface area contributed by atoms with Crippen LogP contribution in [0.5, 0.6) is 0 Å². The largest absolute Gasteiger partial charge is 0.331 e. The lowest BCUT2D eigenvalue weighted by molar-refractivity contribution is 0.0729. The van der Waals surface area contributed by atoms with Crippen molar-refractivity contribution in [3.8, 4) is 0 Å². The average molecular weight is 349 g/mol. The van der Waals surface area contributed by atoms with E-state index in [1.54, 1.807) is 24.4 Å². The fourth-order valence-corrected chi connectivity index (χ4v) is 2.65. The van der Waals surface area contributed by atoms with Gasteiger partial charge in [-0.1, -0.05) is 12.1 Å². The minimum atomic E-state index is -0.276. The summed E-state index contributed by atoms with van der Waals surface area (Å²) in [7, 11) is 0. The summed E-state index contributed by atoms with van der Waals surface area (Å²) in [6, 6.07) is 10.1. The van der Waals surface area contributed by atoms with E-state index in [1.165, 1.54) is 12.1 Å². The van der Waals surface area contributed by atoms with Crippen LogP contribution < -0.4 is 0 Å². The molecule has 0 saturated heterocycles. The van der Waals surface area contributed by atoms with Crippen molar-refractivity contribution in [2.45, 2.75) is 25.4 Å². The topological polar surface area (TPSA) is 33.2 Å². The highest BCUT2D eigenvalue weighted by molar-refractivity contribution is 9.10. The van der Waals surface area contributed by atoms with Gasteiger partial charge in [0, 0.05) is 24.3 Å². The number of nitrogens with zero attached hydrogens (tertiary/aromatic N) is 2. The van der Waals surface area contributed by atoms with E-state index >= 15 is 0 Å². The molecular weight excluding hydrogens is 335 g/mol. The highest BCUT2D eigenvalue weighted by Crippen LogP contribution is 2.30. The zero-order chi connectivity index (χ0) is 14.8. The first-order chi connectivity index (χ1) is 10.1. The molecule has 1 aliphatic carbocycles. The lowest BCUT2D eigenvalue weighted by atomic mass is 10.1. The van der Waals surface area contributed by atoms with Gasteiger partial charge < -0.3 is 4.90 Å². The van der Waals surface area contributed by atoms with Crippen molar-refractivity contribution in [1.82, 2.24) is 9.88 Å². The van der Waals surface area contributed by atoms with Crippen molar-refractivity contribution in [3.05, 3.63) is 64.1 Å². The molecule has 3 rings (SSSR count). The number of pyridine rings is 1. The zero-order valence-corrected chi connectivity index (χ0v) is 12.9. The van der Waals surface area contributed by atoms with Crippen LogP contribution in [0.2, 0.25) is 0 Å². The van der Waals surface area contributed by atoms with Gasteiger partial charge in [-0.15, -0.1) is 0 Å². The Morgan fingerprint density at radius 3 is 2.81 bits per heavy atom. The van der Waals surface area contributed by atoms with Crippen LogP contribution in [0.1, 0.15) is 28.8 Å². The monoisotopic (exact) mass is 348 g/mol. The Morgan fingerprint density at radius 1 is 1.33 bits per heavy atom. The van der Waals surface area contributed by atoms with Crippen molar-refractivity contribution in [3.63, 3.8) is 0 Å². The third-order valence-electron chi connectivity index (χ3n) is 3.46. The van der Waals surface area contributed by atoms with Crippen LogP contribution in [0, 0.1) is 5.82 Å². The second-order valence-corrected chi connectivity index (χ2v) is 5.97. The van der Waals surface area contributed by atoms with Crippen molar-refractivity contribution >= 4 is 21.8 Å². The standard InChI is InChI=1S/C16H14BrFN2O/c17-15-9-12(6-7-19-15)16(21)20(14-4-5-14)10-11-2-1-3-13(18)8-11/h1-3,6-9,14H,4-5,10H2. The number of benzene rings is 1. The number of aromatic nitrogens is 1. The van der Waals surface area contributed by atoms with Gasteiger partial charge in [-0.2, -0.15) is 0 Å². The maximum absolute atomic E-state index is 13.3. The third kappa shape index (κ3) is 3.47. The van der Waals surface area contributed by atoms with Crippen LogP contribution >= 0.6 is 15.9 Å². The Balaban J connectivity index is 1.83. The molecule has 1 heterocycles. The molecule has 1 fully saturated rings. The number of carbonyl (C=O) groups excluding carboxylic acids is 1. The second-order valence-electron chi connectivity index (χ2n) is 5.16. The second kappa shape index (κ2) is 5.93. The number of hydrogen-bond acceptors (Lipinski definition) is 2. The van der Waals surface area contributed by atoms with E-state index in [9.17, 15) is 9.18 Å². The first-order valence-electron chi connectivity index (χ1n) is 6.80. The molecule has 108 valence electrons. The van der Waals surface area contributed by atoms with Crippen LogP contribution in [-0.2, 0) is 6.54 Å². The SMILES string of the molecule is O=C(c1ccnc(Br)c1)N(Cc1cccc(F)c1)C1CC1. The Bertz CT molecular complexity index is 673. The van der Waals surface area contributed by atoms with E-state index < -0.39 is 0 Å². The summed E-state index contributed by atoms with van der Waals surface area (Å²) >= 11 is 3.28. The number of hydrogen-bond donors (Lipinski definition) is 0. The van der Waals surface area contributed by atoms with E-state index in [1.807, 2.05) is 11.0 Å². The molecule has 1 aliphatic rings. The summed E-state index contributed by atoms with van der Waals surface area (Å²) in [4.78, 5) is 18.5. The smallest absolute Gasteiger partial charge is 0.254 e. The minimum Gasteiger partial charge on any atom is -0.331 e. The maximum atomic E-state index is 13.3. The molecule has 0 N–H and O–H groups in total. The molecule has 1 amide bonds. The van der Waals surface area contributed by atoms with Gasteiger partial charge in [0.05, 0.1) is 0 Å². The Kier molecular flexibility index (Phi) is 4.01. The molecule has 1 aromatic carbocycles. The van der Waals surface area contributed by atoms with Crippen LogP contribution in [-0.4, -0.2) is 21.8 Å². The molecule has 5 heteroatoms. The highest BCUT2D eigenvalue weighted by Gasteiger charge is 2.33. The van der Waals surface area contributed by atoms with Crippen molar-refractivity contribution in [1.29, 1.82) is 0 Å². The number of carbonyl (C=O) groups is 1. The van der Waals surface area contributed by atoms with E-state index in [-0.39, 0.29) is 17.8 Å². The molecule has 0 unspecified atom stereocenters. The summed E-state index contributed by atoms with van der Waals surface area (Å²) in [5, 5.41) is 0. The molecule has 0 radical (unpaired) electrons. The average Bonchev–Trinajstić information content (AvgIpc) is 3.29. The van der Waals surface area contributed by atoms with E-state index in [4.69, 9.17) is 0 Å². The molecule has 1 aromatic heterocycles. The lowest BCUT2D eigenvalue weighted by Crippen LogP contribution is -2.32.